The van der Waals surface area contributed by atoms with Gasteiger partial charge < -0.3 is 15.4 Å². The van der Waals surface area contributed by atoms with Crippen LogP contribution in [0.1, 0.15) is 22.2 Å². The van der Waals surface area contributed by atoms with Crippen molar-refractivity contribution in [2.45, 2.75) is 13.5 Å². The van der Waals surface area contributed by atoms with Gasteiger partial charge in [-0.15, -0.1) is 11.3 Å². The van der Waals surface area contributed by atoms with Gasteiger partial charge in [-0.3, -0.25) is 4.79 Å². The van der Waals surface area contributed by atoms with Gasteiger partial charge in [0.05, 0.1) is 17.7 Å². The lowest BCUT2D eigenvalue weighted by Crippen LogP contribution is -2.15. The molecule has 112 valence electrons. The minimum atomic E-state index is -0.0538. The normalized spacial score (nSPS) is 10.5. The predicted octanol–water partition coefficient (Wildman–Crippen LogP) is 3.83. The molecule has 0 saturated carbocycles. The van der Waals surface area contributed by atoms with Gasteiger partial charge in [-0.2, -0.15) is 0 Å². The number of anilines is 2. The van der Waals surface area contributed by atoms with E-state index in [2.05, 4.69) is 0 Å². The van der Waals surface area contributed by atoms with Gasteiger partial charge in [-0.1, -0.05) is 23.7 Å². The smallest absolute Gasteiger partial charge is 0.177 e. The summed E-state index contributed by atoms with van der Waals surface area (Å²) in [4.78, 5) is 14.1. The van der Waals surface area contributed by atoms with Crippen LogP contribution >= 0.6 is 22.9 Å². The third-order valence-corrected chi connectivity index (χ3v) is 4.74. The lowest BCUT2D eigenvalue weighted by molar-refractivity contribution is 0.102. The number of thiophene rings is 1. The summed E-state index contributed by atoms with van der Waals surface area (Å²) in [5, 5.41) is 1.55. The number of nitrogen functional groups attached to an aromatic ring is 1. The molecule has 0 radical (unpaired) electrons. The van der Waals surface area contributed by atoms with Gasteiger partial charge in [-0.05, 0) is 17.7 Å². The van der Waals surface area contributed by atoms with Crippen molar-refractivity contribution in [1.29, 1.82) is 0 Å². The average Bonchev–Trinajstić information content (AvgIpc) is 2.78. The third kappa shape index (κ3) is 3.31. The van der Waals surface area contributed by atoms with Gasteiger partial charge in [0.2, 0.25) is 0 Å². The van der Waals surface area contributed by atoms with Crippen LogP contribution in [-0.2, 0) is 6.54 Å². The lowest BCUT2D eigenvalue weighted by atomic mass is 10.2. The molecule has 21 heavy (non-hydrogen) atoms. The second-order valence-electron chi connectivity index (χ2n) is 4.72. The number of Topliss-reactive ketones (excluding diaryl/α,β-unsaturated/α-hetero) is 1. The number of benzene rings is 1. The van der Waals surface area contributed by atoms with E-state index in [-0.39, 0.29) is 5.78 Å². The van der Waals surface area contributed by atoms with Crippen molar-refractivity contribution < 1.29 is 9.53 Å². The van der Waals surface area contributed by atoms with Gasteiger partial charge in [0.1, 0.15) is 5.00 Å². The molecule has 4 nitrogen and oxygen atoms in total. The highest BCUT2D eigenvalue weighted by atomic mass is 35.5. The molecule has 0 aliphatic carbocycles. The molecular weight excluding hydrogens is 308 g/mol. The Hall–Kier alpha value is -1.72. The van der Waals surface area contributed by atoms with E-state index < -0.39 is 0 Å². The molecule has 2 N–H and O–H groups in total. The number of ether oxygens (including phenoxy) is 1. The highest BCUT2D eigenvalue weighted by molar-refractivity contribution is 7.19. The number of ketones is 1. The quantitative estimate of drug-likeness (QED) is 0.849. The number of hydrogen-bond acceptors (Lipinski definition) is 5. The molecule has 0 bridgehead atoms. The first kappa shape index (κ1) is 15.7. The molecule has 0 spiro atoms. The largest absolute Gasteiger partial charge is 0.492 e. The number of halogens is 1. The van der Waals surface area contributed by atoms with Gasteiger partial charge in [0.15, 0.2) is 11.5 Å². The Labute approximate surface area is 133 Å². The Morgan fingerprint density at radius 3 is 2.52 bits per heavy atom. The first-order valence-corrected chi connectivity index (χ1v) is 7.56. The monoisotopic (exact) mass is 324 g/mol. The van der Waals surface area contributed by atoms with Gasteiger partial charge in [-0.25, -0.2) is 0 Å². The first-order valence-electron chi connectivity index (χ1n) is 6.36. The van der Waals surface area contributed by atoms with Crippen LogP contribution in [0.5, 0.6) is 5.75 Å². The van der Waals surface area contributed by atoms with E-state index in [0.717, 1.165) is 10.6 Å². The van der Waals surface area contributed by atoms with Crippen LogP contribution in [0.25, 0.3) is 0 Å². The van der Waals surface area contributed by atoms with Crippen molar-refractivity contribution in [3.05, 3.63) is 39.7 Å². The summed E-state index contributed by atoms with van der Waals surface area (Å²) in [6.07, 6.45) is 0. The zero-order chi connectivity index (χ0) is 15.6. The van der Waals surface area contributed by atoms with Crippen LogP contribution in [0.15, 0.2) is 24.3 Å². The Kier molecular flexibility index (Phi) is 4.75. The molecule has 0 aliphatic heterocycles. The molecule has 1 aromatic carbocycles. The molecule has 0 amide bonds. The van der Waals surface area contributed by atoms with E-state index in [1.807, 2.05) is 36.2 Å². The highest BCUT2D eigenvalue weighted by Crippen LogP contribution is 2.44. The molecule has 2 aromatic rings. The minimum absolute atomic E-state index is 0.0538. The molecule has 0 unspecified atom stereocenters. The molecule has 0 atom stereocenters. The first-order chi connectivity index (χ1) is 9.93. The zero-order valence-corrected chi connectivity index (χ0v) is 13.7. The lowest BCUT2D eigenvalue weighted by Gasteiger charge is -2.18. The van der Waals surface area contributed by atoms with Gasteiger partial charge in [0.25, 0.3) is 0 Å². The van der Waals surface area contributed by atoms with Crippen LogP contribution in [0, 0.1) is 0 Å². The van der Waals surface area contributed by atoms with Crippen molar-refractivity contribution in [2.75, 3.05) is 24.8 Å². The summed E-state index contributed by atoms with van der Waals surface area (Å²) < 4.78 is 5.36. The molecule has 2 rings (SSSR count). The number of methoxy groups -OCH3 is 1. The maximum atomic E-state index is 11.6. The number of nitrogens with two attached hydrogens (primary N) is 1. The Balaban J connectivity index is 2.30. The summed E-state index contributed by atoms with van der Waals surface area (Å²) in [5.74, 6) is 0.503. The van der Waals surface area contributed by atoms with Crippen LogP contribution in [0.4, 0.5) is 10.7 Å². The Morgan fingerprint density at radius 2 is 2.00 bits per heavy atom. The summed E-state index contributed by atoms with van der Waals surface area (Å²) in [6.45, 7) is 2.18. The molecule has 1 heterocycles. The minimum Gasteiger partial charge on any atom is -0.492 e. The maximum absolute atomic E-state index is 11.6. The van der Waals surface area contributed by atoms with E-state index in [0.29, 0.717) is 27.9 Å². The molecule has 1 aromatic heterocycles. The van der Waals surface area contributed by atoms with E-state index in [1.54, 1.807) is 7.11 Å². The number of rotatable bonds is 5. The van der Waals surface area contributed by atoms with Crippen molar-refractivity contribution in [1.82, 2.24) is 0 Å². The highest BCUT2D eigenvalue weighted by Gasteiger charge is 2.22. The molecule has 0 saturated heterocycles. The zero-order valence-electron chi connectivity index (χ0n) is 12.1. The van der Waals surface area contributed by atoms with Crippen molar-refractivity contribution >= 4 is 39.4 Å². The average molecular weight is 325 g/mol. The van der Waals surface area contributed by atoms with Crippen LogP contribution < -0.4 is 15.4 Å². The van der Waals surface area contributed by atoms with Crippen LogP contribution in [0.2, 0.25) is 5.02 Å². The standard InChI is InChI=1S/C15H17ClN2O2S/c1-9(19)14-12(17)13(20-3)15(21-14)18(2)8-10-4-6-11(16)7-5-10/h4-7H,8,17H2,1-3H3. The maximum Gasteiger partial charge on any atom is 0.177 e. The second-order valence-corrected chi connectivity index (χ2v) is 6.16. The van der Waals surface area contributed by atoms with Crippen LogP contribution in [0.3, 0.4) is 0 Å². The number of hydrogen-bond donors (Lipinski definition) is 1. The predicted molar refractivity (Wildman–Crippen MR) is 88.8 cm³/mol. The van der Waals surface area contributed by atoms with Crippen LogP contribution in [-0.4, -0.2) is 19.9 Å². The Bertz CT molecular complexity index is 652. The van der Waals surface area contributed by atoms with Gasteiger partial charge in [0, 0.05) is 25.5 Å². The fourth-order valence-electron chi connectivity index (χ4n) is 2.06. The summed E-state index contributed by atoms with van der Waals surface area (Å²) in [5.41, 5.74) is 7.51. The molecule has 6 heteroatoms. The van der Waals surface area contributed by atoms with Crippen molar-refractivity contribution in [2.24, 2.45) is 0 Å². The third-order valence-electron chi connectivity index (χ3n) is 3.09. The van der Waals surface area contributed by atoms with E-state index in [9.17, 15) is 4.79 Å². The number of carbonyl (C=O) groups is 1. The topological polar surface area (TPSA) is 55.6 Å². The van der Waals surface area contributed by atoms with Crippen molar-refractivity contribution in [3.8, 4) is 5.75 Å². The SMILES string of the molecule is COc1c(N(C)Cc2ccc(Cl)cc2)sc(C(C)=O)c1N. The second kappa shape index (κ2) is 6.37. The summed E-state index contributed by atoms with van der Waals surface area (Å²) in [6, 6.07) is 7.64. The van der Waals surface area contributed by atoms with Gasteiger partial charge >= 0.3 is 0 Å². The number of carbonyl (C=O) groups excluding carboxylic acids is 1. The van der Waals surface area contributed by atoms with E-state index in [1.165, 1.54) is 18.3 Å². The number of nitrogens with zero attached hydrogens (tertiary/aromatic N) is 1. The van der Waals surface area contributed by atoms with E-state index in [4.69, 9.17) is 22.1 Å². The molecular formula is C15H17ClN2O2S. The fourth-order valence-corrected chi connectivity index (χ4v) is 3.23. The fraction of sp³-hybridized carbons (Fsp3) is 0.267. The van der Waals surface area contributed by atoms with Crippen molar-refractivity contribution in [3.63, 3.8) is 0 Å². The summed E-state index contributed by atoms with van der Waals surface area (Å²) in [7, 11) is 3.49. The Morgan fingerprint density at radius 1 is 1.38 bits per heavy atom. The molecule has 0 fully saturated rings. The van der Waals surface area contributed by atoms with E-state index >= 15 is 0 Å². The molecule has 0 aliphatic rings. The summed E-state index contributed by atoms with van der Waals surface area (Å²) >= 11 is 7.24.